The van der Waals surface area contributed by atoms with E-state index in [0.717, 1.165) is 45.4 Å². The second-order valence-corrected chi connectivity index (χ2v) is 8.10. The Morgan fingerprint density at radius 1 is 1.26 bits per heavy atom. The Morgan fingerprint density at radius 3 is 2.70 bits per heavy atom. The van der Waals surface area contributed by atoms with Gasteiger partial charge in [0.15, 0.2) is 5.96 Å². The minimum absolute atomic E-state index is 0. The number of nitrogens with one attached hydrogen (secondary N) is 2. The molecule has 0 spiro atoms. The van der Waals surface area contributed by atoms with E-state index in [0.29, 0.717) is 4.75 Å². The molecule has 2 N–H and O–H groups in total. The second-order valence-electron chi connectivity index (χ2n) is 6.42. The lowest BCUT2D eigenvalue weighted by molar-refractivity contribution is 0.0372. The number of guanidine groups is 1. The van der Waals surface area contributed by atoms with Gasteiger partial charge < -0.3 is 15.4 Å². The smallest absolute Gasteiger partial charge is 0.191 e. The van der Waals surface area contributed by atoms with Gasteiger partial charge in [-0.15, -0.1) is 24.0 Å². The molecule has 0 aromatic rings. The number of morpholine rings is 1. The lowest BCUT2D eigenvalue weighted by Gasteiger charge is -2.26. The third kappa shape index (κ3) is 8.27. The molecule has 0 bridgehead atoms. The summed E-state index contributed by atoms with van der Waals surface area (Å²) in [6.45, 7) is 9.51. The average molecular weight is 456 g/mol. The molecule has 2 aliphatic rings. The molecule has 0 aromatic heterocycles. The van der Waals surface area contributed by atoms with E-state index in [1.165, 1.54) is 38.0 Å². The monoisotopic (exact) mass is 456 g/mol. The van der Waals surface area contributed by atoms with Gasteiger partial charge in [0.25, 0.3) is 0 Å². The number of ether oxygens (including phenoxy) is 1. The number of halogens is 1. The summed E-state index contributed by atoms with van der Waals surface area (Å²) in [5, 5.41) is 6.92. The van der Waals surface area contributed by atoms with E-state index in [9.17, 15) is 0 Å². The summed E-state index contributed by atoms with van der Waals surface area (Å²) in [5.74, 6) is 2.24. The van der Waals surface area contributed by atoms with Gasteiger partial charge in [-0.25, -0.2) is 0 Å². The number of hydrogen-bond donors (Lipinski definition) is 2. The normalized spacial score (nSPS) is 25.9. The topological polar surface area (TPSA) is 48.9 Å². The summed E-state index contributed by atoms with van der Waals surface area (Å²) >= 11 is 2.08. The zero-order chi connectivity index (χ0) is 15.7. The number of unbranched alkanes of at least 4 members (excludes halogenated alkanes) is 1. The maximum Gasteiger partial charge on any atom is 0.191 e. The first-order valence-corrected chi connectivity index (χ1v) is 9.59. The minimum Gasteiger partial charge on any atom is -0.379 e. The van der Waals surface area contributed by atoms with Crippen molar-refractivity contribution in [2.24, 2.45) is 4.99 Å². The second kappa shape index (κ2) is 11.8. The third-order valence-electron chi connectivity index (χ3n) is 4.45. The van der Waals surface area contributed by atoms with E-state index in [4.69, 9.17) is 4.74 Å². The lowest BCUT2D eigenvalue weighted by Crippen LogP contribution is -2.44. The predicted molar refractivity (Wildman–Crippen MR) is 111 cm³/mol. The molecule has 1 unspecified atom stereocenters. The van der Waals surface area contributed by atoms with Crippen LogP contribution in [0.1, 0.15) is 32.6 Å². The summed E-state index contributed by atoms with van der Waals surface area (Å²) in [7, 11) is 1.85. The largest absolute Gasteiger partial charge is 0.379 e. The molecule has 23 heavy (non-hydrogen) atoms. The van der Waals surface area contributed by atoms with E-state index < -0.39 is 0 Å². The molecule has 0 aromatic carbocycles. The fourth-order valence-corrected chi connectivity index (χ4v) is 4.20. The number of nitrogens with zero attached hydrogens (tertiary/aromatic N) is 2. The molecular weight excluding hydrogens is 423 g/mol. The Balaban J connectivity index is 0.00000264. The van der Waals surface area contributed by atoms with Gasteiger partial charge in [-0.05, 0) is 44.9 Å². The standard InChI is InChI=1S/C16H32N4OS.HI/c1-16(6-5-13-22-16)14-19-15(17-2)18-7-3-4-8-20-9-11-21-12-10-20;/h3-14H2,1-2H3,(H2,17,18,19);1H. The summed E-state index contributed by atoms with van der Waals surface area (Å²) < 4.78 is 5.75. The maximum atomic E-state index is 5.37. The van der Waals surface area contributed by atoms with Crippen LogP contribution >= 0.6 is 35.7 Å². The highest BCUT2D eigenvalue weighted by Crippen LogP contribution is 2.36. The van der Waals surface area contributed by atoms with Crippen molar-refractivity contribution in [3.63, 3.8) is 0 Å². The zero-order valence-electron chi connectivity index (χ0n) is 14.6. The van der Waals surface area contributed by atoms with Crippen LogP contribution in [0.5, 0.6) is 0 Å². The lowest BCUT2D eigenvalue weighted by atomic mass is 10.1. The van der Waals surface area contributed by atoms with E-state index in [1.54, 1.807) is 0 Å². The van der Waals surface area contributed by atoms with E-state index in [2.05, 4.69) is 39.2 Å². The summed E-state index contributed by atoms with van der Waals surface area (Å²) in [6, 6.07) is 0. The maximum absolute atomic E-state index is 5.37. The first-order chi connectivity index (χ1) is 10.7. The molecule has 5 nitrogen and oxygen atoms in total. The van der Waals surface area contributed by atoms with E-state index in [-0.39, 0.29) is 24.0 Å². The number of thioether (sulfide) groups is 1. The fraction of sp³-hybridized carbons (Fsp3) is 0.938. The van der Waals surface area contributed by atoms with Crippen LogP contribution in [0.2, 0.25) is 0 Å². The molecule has 2 fully saturated rings. The highest BCUT2D eigenvalue weighted by atomic mass is 127. The molecule has 2 heterocycles. The van der Waals surface area contributed by atoms with Crippen LogP contribution in [-0.2, 0) is 4.74 Å². The highest BCUT2D eigenvalue weighted by Gasteiger charge is 2.29. The van der Waals surface area contributed by atoms with Crippen LogP contribution in [0, 0.1) is 0 Å². The van der Waals surface area contributed by atoms with Crippen LogP contribution in [0.3, 0.4) is 0 Å². The number of hydrogen-bond acceptors (Lipinski definition) is 4. The van der Waals surface area contributed by atoms with Crippen molar-refractivity contribution in [1.29, 1.82) is 0 Å². The molecule has 2 aliphatic heterocycles. The van der Waals surface area contributed by atoms with Gasteiger partial charge >= 0.3 is 0 Å². The first-order valence-electron chi connectivity index (χ1n) is 8.60. The Hall–Kier alpha value is 0.270. The molecule has 0 saturated carbocycles. The number of aliphatic imine (C=N–C) groups is 1. The predicted octanol–water partition coefficient (Wildman–Crippen LogP) is 2.17. The van der Waals surface area contributed by atoms with Crippen molar-refractivity contribution in [2.45, 2.75) is 37.4 Å². The van der Waals surface area contributed by atoms with Gasteiger partial charge in [0, 0.05) is 38.0 Å². The highest BCUT2D eigenvalue weighted by molar-refractivity contribution is 14.0. The Kier molecular flexibility index (Phi) is 10.9. The molecule has 0 aliphatic carbocycles. The van der Waals surface area contributed by atoms with Crippen LogP contribution in [0.15, 0.2) is 4.99 Å². The Labute approximate surface area is 162 Å². The Morgan fingerprint density at radius 2 is 2.04 bits per heavy atom. The SMILES string of the molecule is CN=C(NCCCCN1CCOCC1)NCC1(C)CCCS1.I. The summed E-state index contributed by atoms with van der Waals surface area (Å²) in [4.78, 5) is 6.82. The van der Waals surface area contributed by atoms with Crippen LogP contribution in [-0.4, -0.2) is 74.3 Å². The molecule has 7 heteroatoms. The quantitative estimate of drug-likeness (QED) is 0.266. The van der Waals surface area contributed by atoms with Gasteiger partial charge in [-0.2, -0.15) is 11.8 Å². The number of rotatable bonds is 7. The van der Waals surface area contributed by atoms with Crippen LogP contribution in [0.4, 0.5) is 0 Å². The van der Waals surface area contributed by atoms with Gasteiger partial charge in [-0.1, -0.05) is 0 Å². The minimum atomic E-state index is 0. The molecular formula is C16H33IN4OS. The molecule has 2 saturated heterocycles. The van der Waals surface area contributed by atoms with Crippen molar-refractivity contribution < 1.29 is 4.74 Å². The zero-order valence-corrected chi connectivity index (χ0v) is 17.8. The summed E-state index contributed by atoms with van der Waals surface area (Å²) in [5.41, 5.74) is 0. The van der Waals surface area contributed by atoms with Gasteiger partial charge in [0.05, 0.1) is 13.2 Å². The molecule has 2 rings (SSSR count). The average Bonchev–Trinajstić information content (AvgIpc) is 2.98. The van der Waals surface area contributed by atoms with E-state index in [1.807, 2.05) is 7.05 Å². The molecule has 1 atom stereocenters. The summed E-state index contributed by atoms with van der Waals surface area (Å²) in [6.07, 6.45) is 5.07. The van der Waals surface area contributed by atoms with Crippen molar-refractivity contribution in [2.75, 3.05) is 58.7 Å². The Bertz CT molecular complexity index is 345. The fourth-order valence-electron chi connectivity index (χ4n) is 2.96. The van der Waals surface area contributed by atoms with Crippen molar-refractivity contribution >= 4 is 41.7 Å². The third-order valence-corrected chi connectivity index (χ3v) is 5.99. The first kappa shape index (κ1) is 21.3. The van der Waals surface area contributed by atoms with Crippen molar-refractivity contribution in [1.82, 2.24) is 15.5 Å². The van der Waals surface area contributed by atoms with Crippen LogP contribution in [0.25, 0.3) is 0 Å². The van der Waals surface area contributed by atoms with Crippen molar-refractivity contribution in [3.8, 4) is 0 Å². The van der Waals surface area contributed by atoms with E-state index >= 15 is 0 Å². The molecule has 136 valence electrons. The van der Waals surface area contributed by atoms with Gasteiger partial charge in [-0.3, -0.25) is 9.89 Å². The molecule has 0 radical (unpaired) electrons. The van der Waals surface area contributed by atoms with Gasteiger partial charge in [0.2, 0.25) is 0 Å². The van der Waals surface area contributed by atoms with Crippen LogP contribution < -0.4 is 10.6 Å². The molecule has 0 amide bonds. The van der Waals surface area contributed by atoms with Crippen molar-refractivity contribution in [3.05, 3.63) is 0 Å². The van der Waals surface area contributed by atoms with Gasteiger partial charge in [0.1, 0.15) is 0 Å².